The van der Waals surface area contributed by atoms with E-state index in [2.05, 4.69) is 48.5 Å². The Hall–Kier alpha value is -4.04. The van der Waals surface area contributed by atoms with E-state index in [0.717, 1.165) is 66.1 Å². The third kappa shape index (κ3) is 2.00. The minimum atomic E-state index is 0.0335. The standard InChI is InChI=1S/C30H18O2/c1-15-7-9-19-23(13-15)29(31)21-11-12-22-28-26(20-10-8-16(2)14-24(20)30(22)32)18-6-4-3-5-17(18)25(19)27(21)28/h3-14H,1-2H3. The molecule has 2 nitrogen and oxygen atoms in total. The first-order chi connectivity index (χ1) is 15.5. The van der Waals surface area contributed by atoms with Crippen molar-refractivity contribution in [3.8, 4) is 22.3 Å². The molecule has 0 aliphatic heterocycles. The average molecular weight is 410 g/mol. The molecule has 7 rings (SSSR count). The Morgan fingerprint density at radius 2 is 0.875 bits per heavy atom. The van der Waals surface area contributed by atoms with Crippen molar-refractivity contribution < 1.29 is 9.59 Å². The van der Waals surface area contributed by atoms with Crippen LogP contribution in [0.2, 0.25) is 0 Å². The van der Waals surface area contributed by atoms with Crippen LogP contribution in [0.4, 0.5) is 0 Å². The lowest BCUT2D eigenvalue weighted by atomic mass is 9.73. The van der Waals surface area contributed by atoms with Crippen molar-refractivity contribution in [3.63, 3.8) is 0 Å². The van der Waals surface area contributed by atoms with Crippen LogP contribution in [0, 0.1) is 13.8 Å². The fraction of sp³-hybridized carbons (Fsp3) is 0.0667. The molecule has 0 radical (unpaired) electrons. The van der Waals surface area contributed by atoms with Crippen molar-refractivity contribution in [2.75, 3.05) is 0 Å². The summed E-state index contributed by atoms with van der Waals surface area (Å²) in [4.78, 5) is 27.2. The topological polar surface area (TPSA) is 34.1 Å². The van der Waals surface area contributed by atoms with Crippen LogP contribution in [0.1, 0.15) is 43.0 Å². The van der Waals surface area contributed by atoms with Crippen LogP contribution in [-0.2, 0) is 0 Å². The molecular formula is C30H18O2. The number of ketones is 2. The molecule has 2 aliphatic carbocycles. The van der Waals surface area contributed by atoms with Gasteiger partial charge in [-0.05, 0) is 71.1 Å². The Balaban J connectivity index is 1.81. The van der Waals surface area contributed by atoms with Crippen molar-refractivity contribution in [2.24, 2.45) is 0 Å². The van der Waals surface area contributed by atoms with Gasteiger partial charge in [-0.25, -0.2) is 0 Å². The molecule has 0 aromatic heterocycles. The Kier molecular flexibility index (Phi) is 3.19. The molecule has 2 heteroatoms. The molecule has 150 valence electrons. The number of benzene rings is 5. The Morgan fingerprint density at radius 1 is 0.469 bits per heavy atom. The van der Waals surface area contributed by atoms with Gasteiger partial charge >= 0.3 is 0 Å². The van der Waals surface area contributed by atoms with Gasteiger partial charge < -0.3 is 0 Å². The van der Waals surface area contributed by atoms with Crippen molar-refractivity contribution in [1.29, 1.82) is 0 Å². The van der Waals surface area contributed by atoms with E-state index in [1.807, 2.05) is 38.1 Å². The van der Waals surface area contributed by atoms with E-state index in [1.54, 1.807) is 0 Å². The zero-order valence-corrected chi connectivity index (χ0v) is 17.7. The molecule has 0 bridgehead atoms. The minimum absolute atomic E-state index is 0.0335. The molecule has 0 N–H and O–H groups in total. The van der Waals surface area contributed by atoms with Gasteiger partial charge in [-0.15, -0.1) is 0 Å². The van der Waals surface area contributed by atoms with Crippen LogP contribution in [0.25, 0.3) is 43.8 Å². The van der Waals surface area contributed by atoms with E-state index in [-0.39, 0.29) is 11.6 Å². The SMILES string of the molecule is Cc1ccc2c(c1)C(=O)c1ccc3c4c(c5ccccc5c-2c14)-c1ccc(C)cc1C3=O. The summed E-state index contributed by atoms with van der Waals surface area (Å²) in [5.41, 5.74) is 9.02. The smallest absolute Gasteiger partial charge is 0.194 e. The van der Waals surface area contributed by atoms with Crippen LogP contribution in [-0.4, -0.2) is 11.6 Å². The second-order valence-corrected chi connectivity index (χ2v) is 8.96. The molecule has 0 atom stereocenters. The van der Waals surface area contributed by atoms with E-state index in [4.69, 9.17) is 0 Å². The number of hydrogen-bond acceptors (Lipinski definition) is 2. The lowest BCUT2D eigenvalue weighted by Crippen LogP contribution is -2.16. The van der Waals surface area contributed by atoms with Gasteiger partial charge in [-0.1, -0.05) is 59.7 Å². The highest BCUT2D eigenvalue weighted by atomic mass is 16.1. The van der Waals surface area contributed by atoms with E-state index in [1.165, 1.54) is 0 Å². The number of hydrogen-bond donors (Lipinski definition) is 0. The molecule has 0 heterocycles. The summed E-state index contributed by atoms with van der Waals surface area (Å²) in [6.07, 6.45) is 0. The fourth-order valence-corrected chi connectivity index (χ4v) is 5.67. The minimum Gasteiger partial charge on any atom is -0.289 e. The van der Waals surface area contributed by atoms with Crippen molar-refractivity contribution in [1.82, 2.24) is 0 Å². The molecular weight excluding hydrogens is 392 g/mol. The quantitative estimate of drug-likeness (QED) is 0.251. The molecule has 5 aromatic rings. The van der Waals surface area contributed by atoms with Gasteiger partial charge in [-0.3, -0.25) is 9.59 Å². The summed E-state index contributed by atoms with van der Waals surface area (Å²) < 4.78 is 0. The molecule has 0 saturated carbocycles. The molecule has 0 fully saturated rings. The van der Waals surface area contributed by atoms with Crippen LogP contribution in [0.15, 0.2) is 72.8 Å². The third-order valence-corrected chi connectivity index (χ3v) is 7.04. The van der Waals surface area contributed by atoms with Crippen LogP contribution in [0.3, 0.4) is 0 Å². The third-order valence-electron chi connectivity index (χ3n) is 7.04. The monoisotopic (exact) mass is 410 g/mol. The first-order valence-electron chi connectivity index (χ1n) is 10.9. The largest absolute Gasteiger partial charge is 0.289 e. The number of fused-ring (bicyclic) bond motifs is 7. The summed E-state index contributed by atoms with van der Waals surface area (Å²) >= 11 is 0. The summed E-state index contributed by atoms with van der Waals surface area (Å²) in [6, 6.07) is 24.3. The average Bonchev–Trinajstić information content (AvgIpc) is 2.81. The van der Waals surface area contributed by atoms with Crippen molar-refractivity contribution >= 4 is 33.1 Å². The second-order valence-electron chi connectivity index (χ2n) is 8.96. The highest BCUT2D eigenvalue weighted by Gasteiger charge is 2.34. The van der Waals surface area contributed by atoms with E-state index in [0.29, 0.717) is 11.1 Å². The predicted octanol–water partition coefficient (Wildman–Crippen LogP) is 7.03. The molecule has 0 spiro atoms. The van der Waals surface area contributed by atoms with Gasteiger partial charge in [0.15, 0.2) is 11.6 Å². The zero-order valence-electron chi connectivity index (χ0n) is 17.7. The molecule has 0 saturated heterocycles. The maximum Gasteiger partial charge on any atom is 0.194 e. The van der Waals surface area contributed by atoms with Crippen molar-refractivity contribution in [2.45, 2.75) is 13.8 Å². The first-order valence-corrected chi connectivity index (χ1v) is 10.9. The summed E-state index contributed by atoms with van der Waals surface area (Å²) in [5.74, 6) is 0.0669. The fourth-order valence-electron chi connectivity index (χ4n) is 5.67. The second kappa shape index (κ2) is 5.80. The number of aryl methyl sites for hydroxylation is 2. The maximum absolute atomic E-state index is 13.6. The molecule has 5 aromatic carbocycles. The zero-order chi connectivity index (χ0) is 21.7. The van der Waals surface area contributed by atoms with E-state index >= 15 is 0 Å². The Bertz CT molecular complexity index is 1590. The van der Waals surface area contributed by atoms with Gasteiger partial charge in [0, 0.05) is 33.0 Å². The number of carbonyl (C=O) groups is 2. The van der Waals surface area contributed by atoms with Crippen LogP contribution < -0.4 is 0 Å². The molecule has 0 unspecified atom stereocenters. The maximum atomic E-state index is 13.6. The first kappa shape index (κ1) is 17.6. The summed E-state index contributed by atoms with van der Waals surface area (Å²) in [5, 5.41) is 4.06. The normalized spacial score (nSPS) is 13.4. The summed E-state index contributed by atoms with van der Waals surface area (Å²) in [7, 11) is 0. The van der Waals surface area contributed by atoms with Gasteiger partial charge in [0.1, 0.15) is 0 Å². The molecule has 32 heavy (non-hydrogen) atoms. The predicted molar refractivity (Wildman–Crippen MR) is 129 cm³/mol. The van der Waals surface area contributed by atoms with Crippen LogP contribution in [0.5, 0.6) is 0 Å². The van der Waals surface area contributed by atoms with Gasteiger partial charge in [0.25, 0.3) is 0 Å². The van der Waals surface area contributed by atoms with E-state index in [9.17, 15) is 9.59 Å². The molecule has 0 amide bonds. The highest BCUT2D eigenvalue weighted by Crippen LogP contribution is 2.52. The molecule has 2 aliphatic rings. The van der Waals surface area contributed by atoms with Gasteiger partial charge in [0.05, 0.1) is 0 Å². The van der Waals surface area contributed by atoms with Gasteiger partial charge in [0.2, 0.25) is 0 Å². The Morgan fingerprint density at radius 3 is 1.31 bits per heavy atom. The summed E-state index contributed by atoms with van der Waals surface area (Å²) in [6.45, 7) is 4.03. The number of rotatable bonds is 0. The van der Waals surface area contributed by atoms with Crippen LogP contribution >= 0.6 is 0 Å². The Labute approximate surface area is 185 Å². The van der Waals surface area contributed by atoms with Crippen molar-refractivity contribution in [3.05, 3.63) is 106 Å². The van der Waals surface area contributed by atoms with Gasteiger partial charge in [-0.2, -0.15) is 0 Å². The lowest BCUT2D eigenvalue weighted by Gasteiger charge is -2.28. The number of carbonyl (C=O) groups excluding carboxylic acids is 2. The lowest BCUT2D eigenvalue weighted by molar-refractivity contribution is 0.102. The van der Waals surface area contributed by atoms with E-state index < -0.39 is 0 Å². The highest BCUT2D eigenvalue weighted by molar-refractivity contribution is 6.38.